The lowest BCUT2D eigenvalue weighted by atomic mass is 9.85. The van der Waals surface area contributed by atoms with E-state index in [1.54, 1.807) is 7.11 Å². The molecule has 0 aromatic carbocycles. The number of amides is 1. The molecular weight excluding hydrogens is 204 g/mol. The highest BCUT2D eigenvalue weighted by Crippen LogP contribution is 2.36. The Bertz CT molecular complexity index is 319. The van der Waals surface area contributed by atoms with E-state index in [0.717, 1.165) is 12.1 Å². The number of rotatable bonds is 2. The van der Waals surface area contributed by atoms with Gasteiger partial charge < -0.3 is 10.2 Å². The summed E-state index contributed by atoms with van der Waals surface area (Å²) in [5.74, 6) is -0.0243. The zero-order chi connectivity index (χ0) is 12.6. The molecule has 1 rings (SSSR count). The van der Waals surface area contributed by atoms with Crippen molar-refractivity contribution < 1.29 is 9.63 Å². The molecule has 1 amide bonds. The van der Waals surface area contributed by atoms with E-state index in [9.17, 15) is 4.79 Å². The fourth-order valence-electron chi connectivity index (χ4n) is 2.64. The van der Waals surface area contributed by atoms with Crippen molar-refractivity contribution in [3.8, 4) is 0 Å². The van der Waals surface area contributed by atoms with Crippen molar-refractivity contribution in [2.75, 3.05) is 7.11 Å². The van der Waals surface area contributed by atoms with E-state index in [4.69, 9.17) is 4.84 Å². The number of hydrogen-bond acceptors (Lipinski definition) is 3. The van der Waals surface area contributed by atoms with Crippen LogP contribution in [0.25, 0.3) is 0 Å². The second-order valence-electron chi connectivity index (χ2n) is 5.47. The van der Waals surface area contributed by atoms with Gasteiger partial charge in [-0.1, -0.05) is 0 Å². The monoisotopic (exact) mass is 226 g/mol. The molecule has 1 aliphatic rings. The summed E-state index contributed by atoms with van der Waals surface area (Å²) in [6, 6.07) is 0. The van der Waals surface area contributed by atoms with Gasteiger partial charge in [-0.3, -0.25) is 4.79 Å². The summed E-state index contributed by atoms with van der Waals surface area (Å²) in [6.07, 6.45) is 2.81. The van der Waals surface area contributed by atoms with Crippen LogP contribution < -0.4 is 5.32 Å². The summed E-state index contributed by atoms with van der Waals surface area (Å²) in [7, 11) is 1.68. The number of nitrogens with zero attached hydrogens (tertiary/aromatic N) is 1. The molecule has 0 unspecified atom stereocenters. The lowest BCUT2D eigenvalue weighted by molar-refractivity contribution is -0.239. The van der Waals surface area contributed by atoms with Crippen LogP contribution in [0.1, 0.15) is 41.0 Å². The van der Waals surface area contributed by atoms with Crippen LogP contribution in [0, 0.1) is 0 Å². The Balaban J connectivity index is 3.02. The highest BCUT2D eigenvalue weighted by Gasteiger charge is 2.42. The van der Waals surface area contributed by atoms with Crippen molar-refractivity contribution in [3.63, 3.8) is 0 Å². The molecule has 92 valence electrons. The maximum Gasteiger partial charge on any atom is 0.220 e. The molecule has 1 heterocycles. The third-order valence-corrected chi connectivity index (χ3v) is 2.74. The first-order valence-corrected chi connectivity index (χ1v) is 5.53. The van der Waals surface area contributed by atoms with Gasteiger partial charge in [0.15, 0.2) is 0 Å². The minimum atomic E-state index is -0.228. The molecule has 4 nitrogen and oxygen atoms in total. The van der Waals surface area contributed by atoms with Crippen molar-refractivity contribution in [2.24, 2.45) is 0 Å². The predicted octanol–water partition coefficient (Wildman–Crippen LogP) is 1.83. The second-order valence-corrected chi connectivity index (χ2v) is 5.47. The van der Waals surface area contributed by atoms with Crippen LogP contribution in [0.3, 0.4) is 0 Å². The third-order valence-electron chi connectivity index (χ3n) is 2.74. The Labute approximate surface area is 97.6 Å². The number of carbonyl (C=O) groups excluding carboxylic acids is 1. The molecule has 4 heteroatoms. The number of hydrogen-bond donors (Lipinski definition) is 1. The minimum absolute atomic E-state index is 0.0243. The highest BCUT2D eigenvalue weighted by molar-refractivity contribution is 5.75. The van der Waals surface area contributed by atoms with Gasteiger partial charge in [0, 0.05) is 24.6 Å². The maximum absolute atomic E-state index is 11.1. The topological polar surface area (TPSA) is 41.6 Å². The Kier molecular flexibility index (Phi) is 3.45. The van der Waals surface area contributed by atoms with Gasteiger partial charge in [-0.2, -0.15) is 5.06 Å². The zero-order valence-corrected chi connectivity index (χ0v) is 11.0. The second kappa shape index (κ2) is 4.18. The molecule has 0 bridgehead atoms. The summed E-state index contributed by atoms with van der Waals surface area (Å²) >= 11 is 0. The maximum atomic E-state index is 11.1. The van der Waals surface area contributed by atoms with Gasteiger partial charge in [-0.15, -0.1) is 0 Å². The predicted molar refractivity (Wildman–Crippen MR) is 63.5 cm³/mol. The van der Waals surface area contributed by atoms with Crippen LogP contribution >= 0.6 is 0 Å². The van der Waals surface area contributed by atoms with Crippen molar-refractivity contribution in [1.29, 1.82) is 0 Å². The number of nitrogens with one attached hydrogen (secondary N) is 1. The Morgan fingerprint density at radius 3 is 2.38 bits per heavy atom. The van der Waals surface area contributed by atoms with E-state index in [1.807, 2.05) is 11.1 Å². The Hall–Kier alpha value is -0.870. The van der Waals surface area contributed by atoms with Crippen molar-refractivity contribution in [3.05, 3.63) is 11.8 Å². The van der Waals surface area contributed by atoms with E-state index in [0.29, 0.717) is 0 Å². The first-order valence-electron chi connectivity index (χ1n) is 5.53. The number of hydroxylamine groups is 2. The standard InChI is InChI=1S/C12H22N2O2/c1-9(15)13-10-7-11(2,3)14(16-6)12(4,5)8-10/h7H,8H2,1-6H3,(H,13,15). The largest absolute Gasteiger partial charge is 0.330 e. The number of carbonyl (C=O) groups is 1. The van der Waals surface area contributed by atoms with Gasteiger partial charge in [-0.05, 0) is 33.8 Å². The fourth-order valence-corrected chi connectivity index (χ4v) is 2.64. The molecule has 16 heavy (non-hydrogen) atoms. The Morgan fingerprint density at radius 2 is 2.00 bits per heavy atom. The lowest BCUT2D eigenvalue weighted by Gasteiger charge is -2.49. The van der Waals surface area contributed by atoms with Crippen LogP contribution in [-0.4, -0.2) is 29.2 Å². The third kappa shape index (κ3) is 2.62. The summed E-state index contributed by atoms with van der Waals surface area (Å²) in [5.41, 5.74) is 0.606. The molecule has 0 saturated carbocycles. The van der Waals surface area contributed by atoms with E-state index in [-0.39, 0.29) is 17.0 Å². The summed E-state index contributed by atoms with van der Waals surface area (Å²) in [5, 5.41) is 4.84. The summed E-state index contributed by atoms with van der Waals surface area (Å²) in [6.45, 7) is 9.88. The molecule has 0 fully saturated rings. The average Bonchev–Trinajstić information content (AvgIpc) is 1.97. The van der Waals surface area contributed by atoms with E-state index < -0.39 is 0 Å². The zero-order valence-electron chi connectivity index (χ0n) is 11.0. The lowest BCUT2D eigenvalue weighted by Crippen LogP contribution is -2.57. The van der Waals surface area contributed by atoms with Gasteiger partial charge in [0.1, 0.15) is 0 Å². The highest BCUT2D eigenvalue weighted by atomic mass is 16.7. The minimum Gasteiger partial charge on any atom is -0.330 e. The molecule has 0 atom stereocenters. The SMILES string of the molecule is CON1C(C)(C)C=C(NC(C)=O)CC1(C)C. The smallest absolute Gasteiger partial charge is 0.220 e. The van der Waals surface area contributed by atoms with Crippen LogP contribution in [0.15, 0.2) is 11.8 Å². The molecule has 0 spiro atoms. The van der Waals surface area contributed by atoms with Crippen molar-refractivity contribution >= 4 is 5.91 Å². The molecular formula is C12H22N2O2. The molecule has 0 aromatic rings. The molecule has 0 aliphatic carbocycles. The first-order chi connectivity index (χ1) is 7.19. The quantitative estimate of drug-likeness (QED) is 0.781. The Morgan fingerprint density at radius 1 is 1.44 bits per heavy atom. The van der Waals surface area contributed by atoms with Crippen LogP contribution in [0.4, 0.5) is 0 Å². The van der Waals surface area contributed by atoms with Crippen LogP contribution in [-0.2, 0) is 9.63 Å². The van der Waals surface area contributed by atoms with Crippen LogP contribution in [0.2, 0.25) is 0 Å². The fraction of sp³-hybridized carbons (Fsp3) is 0.750. The average molecular weight is 226 g/mol. The van der Waals surface area contributed by atoms with Crippen LogP contribution in [0.5, 0.6) is 0 Å². The van der Waals surface area contributed by atoms with E-state index in [1.165, 1.54) is 6.92 Å². The van der Waals surface area contributed by atoms with Gasteiger partial charge in [-0.25, -0.2) is 0 Å². The van der Waals surface area contributed by atoms with Crippen molar-refractivity contribution in [2.45, 2.75) is 52.1 Å². The van der Waals surface area contributed by atoms with Gasteiger partial charge in [0.25, 0.3) is 0 Å². The molecule has 1 aliphatic heterocycles. The van der Waals surface area contributed by atoms with E-state index >= 15 is 0 Å². The summed E-state index contributed by atoms with van der Waals surface area (Å²) < 4.78 is 0. The van der Waals surface area contributed by atoms with Gasteiger partial charge >= 0.3 is 0 Å². The van der Waals surface area contributed by atoms with Crippen molar-refractivity contribution in [1.82, 2.24) is 10.4 Å². The van der Waals surface area contributed by atoms with Gasteiger partial charge in [0.05, 0.1) is 12.6 Å². The summed E-state index contributed by atoms with van der Waals surface area (Å²) in [4.78, 5) is 16.5. The first kappa shape index (κ1) is 13.2. The molecule has 1 N–H and O–H groups in total. The van der Waals surface area contributed by atoms with E-state index in [2.05, 4.69) is 33.0 Å². The molecule has 0 radical (unpaired) electrons. The van der Waals surface area contributed by atoms with Gasteiger partial charge in [0.2, 0.25) is 5.91 Å². The molecule has 0 aromatic heterocycles. The molecule has 0 saturated heterocycles. The normalized spacial score (nSPS) is 23.8.